The maximum absolute atomic E-state index is 12.1. The molecule has 0 bridgehead atoms. The second kappa shape index (κ2) is 6.37. The number of anilines is 1. The van der Waals surface area contributed by atoms with Crippen molar-refractivity contribution in [1.29, 1.82) is 5.26 Å². The molecule has 0 aliphatic rings. The quantitative estimate of drug-likeness (QED) is 0.922. The van der Waals surface area contributed by atoms with Crippen LogP contribution in [0.3, 0.4) is 0 Å². The Labute approximate surface area is 131 Å². The molecule has 0 atom stereocenters. The van der Waals surface area contributed by atoms with Gasteiger partial charge in [0.05, 0.1) is 10.7 Å². The fourth-order valence-electron chi connectivity index (χ4n) is 1.78. The third kappa shape index (κ3) is 3.30. The number of rotatable bonds is 3. The molecule has 0 radical (unpaired) electrons. The number of halogens is 1. The predicted octanol–water partition coefficient (Wildman–Crippen LogP) is 1.42. The Kier molecular flexibility index (Phi) is 4.53. The smallest absolute Gasteiger partial charge is 0.285 e. The highest BCUT2D eigenvalue weighted by atomic mass is 35.5. The highest BCUT2D eigenvalue weighted by molar-refractivity contribution is 6.30. The van der Waals surface area contributed by atoms with Crippen molar-refractivity contribution >= 4 is 23.3 Å². The topological polar surface area (TPSA) is 101 Å². The van der Waals surface area contributed by atoms with Crippen LogP contribution in [0.25, 0.3) is 0 Å². The maximum atomic E-state index is 12.1. The fraction of sp³-hybridized carbons (Fsp3) is 0.214. The normalized spacial score (nSPS) is 10.1. The van der Waals surface area contributed by atoms with Crippen LogP contribution in [0.5, 0.6) is 0 Å². The number of nitriles is 1. The van der Waals surface area contributed by atoms with E-state index in [1.807, 2.05) is 6.07 Å². The molecule has 2 aromatic rings. The highest BCUT2D eigenvalue weighted by Crippen LogP contribution is 2.09. The number of carbonyl (C=O) groups is 1. The van der Waals surface area contributed by atoms with E-state index in [0.29, 0.717) is 22.1 Å². The number of carbonyl (C=O) groups excluding carboxylic acids is 1. The lowest BCUT2D eigenvalue weighted by Gasteiger charge is -2.09. The van der Waals surface area contributed by atoms with Crippen LogP contribution in [-0.4, -0.2) is 20.7 Å². The van der Waals surface area contributed by atoms with Gasteiger partial charge in [0.1, 0.15) is 24.0 Å². The van der Waals surface area contributed by atoms with Crippen molar-refractivity contribution < 1.29 is 4.79 Å². The van der Waals surface area contributed by atoms with E-state index in [1.54, 1.807) is 19.9 Å². The van der Waals surface area contributed by atoms with Gasteiger partial charge in [-0.15, -0.1) is 0 Å². The van der Waals surface area contributed by atoms with Crippen molar-refractivity contribution in [3.63, 3.8) is 0 Å². The molecule has 112 valence electrons. The van der Waals surface area contributed by atoms with Gasteiger partial charge in [0.25, 0.3) is 5.56 Å². The van der Waals surface area contributed by atoms with Crippen molar-refractivity contribution in [1.82, 2.24) is 14.8 Å². The molecule has 0 spiro atoms. The standard InChI is InChI=1S/C14H12ClN5O2/c1-8-9(2)19-20(14(22)11(8)5-16)7-13(21)18-12-4-3-10(15)6-17-12/h3-4,6H,7H2,1-2H3,(H,17,18,21). The molecule has 0 aliphatic carbocycles. The maximum Gasteiger partial charge on any atom is 0.285 e. The molecular weight excluding hydrogens is 306 g/mol. The first-order chi connectivity index (χ1) is 10.4. The Morgan fingerprint density at radius 2 is 2.18 bits per heavy atom. The van der Waals surface area contributed by atoms with E-state index in [1.165, 1.54) is 12.3 Å². The van der Waals surface area contributed by atoms with Gasteiger partial charge in [-0.25, -0.2) is 9.67 Å². The number of aromatic nitrogens is 3. The average molecular weight is 318 g/mol. The summed E-state index contributed by atoms with van der Waals surface area (Å²) < 4.78 is 0.964. The molecule has 0 aliphatic heterocycles. The molecule has 0 unspecified atom stereocenters. The largest absolute Gasteiger partial charge is 0.309 e. The second-order valence-electron chi connectivity index (χ2n) is 4.57. The van der Waals surface area contributed by atoms with Gasteiger partial charge < -0.3 is 5.32 Å². The van der Waals surface area contributed by atoms with Gasteiger partial charge in [-0.2, -0.15) is 10.4 Å². The van der Waals surface area contributed by atoms with Crippen LogP contribution in [0.15, 0.2) is 23.1 Å². The van der Waals surface area contributed by atoms with E-state index in [9.17, 15) is 9.59 Å². The van der Waals surface area contributed by atoms with Crippen LogP contribution in [0.2, 0.25) is 5.02 Å². The lowest BCUT2D eigenvalue weighted by Crippen LogP contribution is -2.32. The molecule has 8 heteroatoms. The summed E-state index contributed by atoms with van der Waals surface area (Å²) in [5.74, 6) is -0.164. The molecule has 0 saturated carbocycles. The van der Waals surface area contributed by atoms with Crippen LogP contribution in [-0.2, 0) is 11.3 Å². The third-order valence-electron chi connectivity index (χ3n) is 3.04. The monoisotopic (exact) mass is 317 g/mol. The zero-order valence-corrected chi connectivity index (χ0v) is 12.7. The van der Waals surface area contributed by atoms with E-state index in [-0.39, 0.29) is 12.1 Å². The lowest BCUT2D eigenvalue weighted by atomic mass is 10.1. The van der Waals surface area contributed by atoms with E-state index in [4.69, 9.17) is 16.9 Å². The number of hydrogen-bond donors (Lipinski definition) is 1. The van der Waals surface area contributed by atoms with Crippen molar-refractivity contribution in [3.05, 3.63) is 50.5 Å². The Bertz CT molecular complexity index is 821. The number of amides is 1. The molecule has 0 aromatic carbocycles. The first kappa shape index (κ1) is 15.7. The minimum Gasteiger partial charge on any atom is -0.309 e. The summed E-state index contributed by atoms with van der Waals surface area (Å²) in [7, 11) is 0. The third-order valence-corrected chi connectivity index (χ3v) is 3.26. The summed E-state index contributed by atoms with van der Waals surface area (Å²) in [5, 5.41) is 16.0. The van der Waals surface area contributed by atoms with Crippen molar-refractivity contribution in [2.45, 2.75) is 20.4 Å². The number of aryl methyl sites for hydroxylation is 1. The zero-order chi connectivity index (χ0) is 16.3. The molecule has 2 rings (SSSR count). The number of nitrogens with one attached hydrogen (secondary N) is 1. The van der Waals surface area contributed by atoms with Crippen LogP contribution in [0.1, 0.15) is 16.8 Å². The molecule has 2 heterocycles. The van der Waals surface area contributed by atoms with E-state index < -0.39 is 11.5 Å². The van der Waals surface area contributed by atoms with Gasteiger partial charge in [-0.3, -0.25) is 9.59 Å². The molecule has 1 amide bonds. The molecule has 0 fully saturated rings. The first-order valence-electron chi connectivity index (χ1n) is 6.32. The van der Waals surface area contributed by atoms with Gasteiger partial charge in [-0.05, 0) is 31.5 Å². The number of hydrogen-bond acceptors (Lipinski definition) is 5. The SMILES string of the molecule is Cc1nn(CC(=O)Nc2ccc(Cl)cn2)c(=O)c(C#N)c1C. The molecule has 22 heavy (non-hydrogen) atoms. The number of pyridine rings is 1. The highest BCUT2D eigenvalue weighted by Gasteiger charge is 2.14. The minimum atomic E-state index is -0.593. The zero-order valence-electron chi connectivity index (χ0n) is 11.9. The van der Waals surface area contributed by atoms with E-state index in [2.05, 4.69) is 15.4 Å². The lowest BCUT2D eigenvalue weighted by molar-refractivity contribution is -0.117. The van der Waals surface area contributed by atoms with Crippen LogP contribution in [0.4, 0.5) is 5.82 Å². The Morgan fingerprint density at radius 1 is 1.45 bits per heavy atom. The molecule has 2 aromatic heterocycles. The summed E-state index contributed by atoms with van der Waals surface area (Å²) in [6.45, 7) is 3.01. The molecule has 1 N–H and O–H groups in total. The summed E-state index contributed by atoms with van der Waals surface area (Å²) >= 11 is 5.70. The number of nitrogens with zero attached hydrogens (tertiary/aromatic N) is 4. The molecule has 7 nitrogen and oxygen atoms in total. The minimum absolute atomic E-state index is 0.00934. The summed E-state index contributed by atoms with van der Waals surface area (Å²) in [5.41, 5.74) is 0.437. The van der Waals surface area contributed by atoms with Crippen LogP contribution >= 0.6 is 11.6 Å². The van der Waals surface area contributed by atoms with Gasteiger partial charge >= 0.3 is 0 Å². The Balaban J connectivity index is 2.22. The van der Waals surface area contributed by atoms with E-state index in [0.717, 1.165) is 4.68 Å². The summed E-state index contributed by atoms with van der Waals surface area (Å²) in [6.07, 6.45) is 1.39. The first-order valence-corrected chi connectivity index (χ1v) is 6.70. The van der Waals surface area contributed by atoms with Crippen LogP contribution in [0, 0.1) is 25.2 Å². The van der Waals surface area contributed by atoms with E-state index >= 15 is 0 Å². The van der Waals surface area contributed by atoms with Gasteiger partial charge in [-0.1, -0.05) is 11.6 Å². The Morgan fingerprint density at radius 3 is 2.77 bits per heavy atom. The average Bonchev–Trinajstić information content (AvgIpc) is 2.48. The van der Waals surface area contributed by atoms with Gasteiger partial charge in [0.15, 0.2) is 0 Å². The summed E-state index contributed by atoms with van der Waals surface area (Å²) in [4.78, 5) is 27.9. The Hall–Kier alpha value is -2.72. The molecule has 0 saturated heterocycles. The van der Waals surface area contributed by atoms with Crippen molar-refractivity contribution in [2.75, 3.05) is 5.32 Å². The van der Waals surface area contributed by atoms with Crippen LogP contribution < -0.4 is 10.9 Å². The van der Waals surface area contributed by atoms with Gasteiger partial charge in [0.2, 0.25) is 5.91 Å². The summed E-state index contributed by atoms with van der Waals surface area (Å²) in [6, 6.07) is 4.96. The molecular formula is C14H12ClN5O2. The van der Waals surface area contributed by atoms with Gasteiger partial charge in [0, 0.05) is 6.20 Å². The van der Waals surface area contributed by atoms with Crippen molar-refractivity contribution in [2.24, 2.45) is 0 Å². The van der Waals surface area contributed by atoms with Crippen molar-refractivity contribution in [3.8, 4) is 6.07 Å². The predicted molar refractivity (Wildman–Crippen MR) is 80.6 cm³/mol. The fourth-order valence-corrected chi connectivity index (χ4v) is 1.89. The second-order valence-corrected chi connectivity index (χ2v) is 5.01.